The molecule has 0 amide bonds. The van der Waals surface area contributed by atoms with Crippen LogP contribution in [0, 0.1) is 5.92 Å². The highest BCUT2D eigenvalue weighted by atomic mass is 16.2. The van der Waals surface area contributed by atoms with E-state index in [0.29, 0.717) is 5.92 Å². The van der Waals surface area contributed by atoms with E-state index in [0.717, 1.165) is 49.8 Å². The minimum atomic E-state index is 0.242. The van der Waals surface area contributed by atoms with Crippen LogP contribution in [0.3, 0.4) is 0 Å². The topological polar surface area (TPSA) is 46.9 Å². The quantitative estimate of drug-likeness (QED) is 0.911. The van der Waals surface area contributed by atoms with E-state index in [-0.39, 0.29) is 11.8 Å². The molecule has 1 saturated carbocycles. The molecule has 104 valence electrons. The Kier molecular flexibility index (Phi) is 2.84. The van der Waals surface area contributed by atoms with Crippen LogP contribution in [0.4, 0.5) is 0 Å². The predicted molar refractivity (Wildman–Crippen MR) is 77.9 cm³/mol. The number of nitrogens with zero attached hydrogens (tertiary/aromatic N) is 2. The van der Waals surface area contributed by atoms with E-state index in [4.69, 9.17) is 0 Å². The van der Waals surface area contributed by atoms with Crippen molar-refractivity contribution in [2.45, 2.75) is 31.6 Å². The Morgan fingerprint density at radius 2 is 2.05 bits per heavy atom. The highest BCUT2D eigenvalue weighted by Gasteiger charge is 2.32. The van der Waals surface area contributed by atoms with Crippen molar-refractivity contribution in [3.63, 3.8) is 0 Å². The lowest BCUT2D eigenvalue weighted by atomic mass is 9.91. The van der Waals surface area contributed by atoms with Crippen LogP contribution in [0.5, 0.6) is 0 Å². The second-order valence-corrected chi connectivity index (χ2v) is 5.96. The van der Waals surface area contributed by atoms with E-state index < -0.39 is 0 Å². The SMILES string of the molecule is O=C(C1CC1)n1cc(C2CCNCC2)c2ncccc21. The fourth-order valence-corrected chi connectivity index (χ4v) is 3.22. The van der Waals surface area contributed by atoms with Gasteiger partial charge in [-0.25, -0.2) is 0 Å². The molecule has 20 heavy (non-hydrogen) atoms. The number of piperidine rings is 1. The van der Waals surface area contributed by atoms with Gasteiger partial charge in [0.1, 0.15) is 0 Å². The summed E-state index contributed by atoms with van der Waals surface area (Å²) >= 11 is 0. The fraction of sp³-hybridized carbons (Fsp3) is 0.500. The second-order valence-electron chi connectivity index (χ2n) is 5.96. The summed E-state index contributed by atoms with van der Waals surface area (Å²) in [4.78, 5) is 17.0. The number of carbonyl (C=O) groups excluding carboxylic acids is 1. The van der Waals surface area contributed by atoms with Crippen LogP contribution < -0.4 is 5.32 Å². The molecule has 1 N–H and O–H groups in total. The zero-order chi connectivity index (χ0) is 13.5. The molecule has 1 aliphatic carbocycles. The van der Waals surface area contributed by atoms with Crippen molar-refractivity contribution in [1.82, 2.24) is 14.9 Å². The summed E-state index contributed by atoms with van der Waals surface area (Å²) in [7, 11) is 0. The molecule has 0 spiro atoms. The highest BCUT2D eigenvalue weighted by Crippen LogP contribution is 2.35. The van der Waals surface area contributed by atoms with E-state index in [9.17, 15) is 4.79 Å². The average molecular weight is 269 g/mol. The normalized spacial score (nSPS) is 20.4. The van der Waals surface area contributed by atoms with Gasteiger partial charge in [-0.15, -0.1) is 0 Å². The molecule has 4 rings (SSSR count). The van der Waals surface area contributed by atoms with Gasteiger partial charge in [-0.2, -0.15) is 0 Å². The zero-order valence-electron chi connectivity index (χ0n) is 11.5. The molecular formula is C16H19N3O. The first-order chi connectivity index (χ1) is 9.84. The summed E-state index contributed by atoms with van der Waals surface area (Å²) in [6.07, 6.45) is 8.25. The van der Waals surface area contributed by atoms with Gasteiger partial charge in [-0.05, 0) is 62.4 Å². The van der Waals surface area contributed by atoms with Crippen LogP contribution in [-0.2, 0) is 0 Å². The maximum Gasteiger partial charge on any atom is 0.234 e. The molecule has 0 atom stereocenters. The van der Waals surface area contributed by atoms with Crippen LogP contribution >= 0.6 is 0 Å². The molecule has 0 unspecified atom stereocenters. The van der Waals surface area contributed by atoms with Gasteiger partial charge in [0.25, 0.3) is 0 Å². The molecule has 3 heterocycles. The molecule has 4 nitrogen and oxygen atoms in total. The molecular weight excluding hydrogens is 250 g/mol. The van der Waals surface area contributed by atoms with Crippen molar-refractivity contribution < 1.29 is 4.79 Å². The van der Waals surface area contributed by atoms with E-state index in [1.165, 1.54) is 5.56 Å². The lowest BCUT2D eigenvalue weighted by molar-refractivity contribution is 0.0891. The number of nitrogens with one attached hydrogen (secondary N) is 1. The van der Waals surface area contributed by atoms with Crippen molar-refractivity contribution >= 4 is 16.9 Å². The van der Waals surface area contributed by atoms with Gasteiger partial charge in [0.05, 0.1) is 11.0 Å². The van der Waals surface area contributed by atoms with Crippen LogP contribution in [0.15, 0.2) is 24.5 Å². The predicted octanol–water partition coefficient (Wildman–Crippen LogP) is 2.55. The third-order valence-corrected chi connectivity index (χ3v) is 4.53. The van der Waals surface area contributed by atoms with Crippen molar-refractivity contribution in [3.8, 4) is 0 Å². The monoisotopic (exact) mass is 269 g/mol. The Hall–Kier alpha value is -1.68. The molecule has 1 aliphatic heterocycles. The van der Waals surface area contributed by atoms with Crippen molar-refractivity contribution in [2.24, 2.45) is 5.92 Å². The maximum absolute atomic E-state index is 12.4. The molecule has 2 fully saturated rings. The molecule has 1 saturated heterocycles. The third kappa shape index (κ3) is 1.95. The first-order valence-electron chi connectivity index (χ1n) is 7.55. The molecule has 2 aliphatic rings. The van der Waals surface area contributed by atoms with Gasteiger partial charge in [0.15, 0.2) is 0 Å². The highest BCUT2D eigenvalue weighted by molar-refractivity contribution is 5.94. The number of carbonyl (C=O) groups is 1. The molecule has 0 radical (unpaired) electrons. The van der Waals surface area contributed by atoms with E-state index in [2.05, 4.69) is 16.5 Å². The summed E-state index contributed by atoms with van der Waals surface area (Å²) in [6, 6.07) is 3.94. The smallest absolute Gasteiger partial charge is 0.234 e. The summed E-state index contributed by atoms with van der Waals surface area (Å²) in [5.41, 5.74) is 3.27. The maximum atomic E-state index is 12.4. The second kappa shape index (κ2) is 4.70. The van der Waals surface area contributed by atoms with Crippen LogP contribution in [0.25, 0.3) is 11.0 Å². The largest absolute Gasteiger partial charge is 0.317 e. The minimum absolute atomic E-state index is 0.242. The summed E-state index contributed by atoms with van der Waals surface area (Å²) in [6.45, 7) is 2.11. The Bertz CT molecular complexity index is 651. The standard InChI is InChI=1S/C16H19N3O/c20-16(12-3-4-12)19-10-13(11-5-8-17-9-6-11)15-14(19)2-1-7-18-15/h1-2,7,10-12,17H,3-6,8-9H2. The van der Waals surface area contributed by atoms with E-state index in [1.54, 1.807) is 0 Å². The minimum Gasteiger partial charge on any atom is -0.317 e. The van der Waals surface area contributed by atoms with Gasteiger partial charge in [-0.1, -0.05) is 0 Å². The Morgan fingerprint density at radius 3 is 2.80 bits per heavy atom. The number of rotatable bonds is 2. The Balaban J connectivity index is 1.81. The van der Waals surface area contributed by atoms with Crippen LogP contribution in [-0.4, -0.2) is 28.5 Å². The fourth-order valence-electron chi connectivity index (χ4n) is 3.22. The van der Waals surface area contributed by atoms with Crippen LogP contribution in [0.2, 0.25) is 0 Å². The molecule has 4 heteroatoms. The zero-order valence-corrected chi connectivity index (χ0v) is 11.5. The van der Waals surface area contributed by atoms with Gasteiger partial charge >= 0.3 is 0 Å². The molecule has 2 aromatic rings. The summed E-state index contributed by atoms with van der Waals surface area (Å²) in [5, 5.41) is 3.40. The molecule has 2 aromatic heterocycles. The first kappa shape index (κ1) is 12.1. The summed E-state index contributed by atoms with van der Waals surface area (Å²) in [5.74, 6) is 1.02. The number of hydrogen-bond acceptors (Lipinski definition) is 3. The van der Waals surface area contributed by atoms with Gasteiger partial charge in [0, 0.05) is 18.3 Å². The third-order valence-electron chi connectivity index (χ3n) is 4.53. The van der Waals surface area contributed by atoms with E-state index in [1.807, 2.05) is 22.9 Å². The molecule has 0 aromatic carbocycles. The molecule has 0 bridgehead atoms. The van der Waals surface area contributed by atoms with Crippen molar-refractivity contribution in [3.05, 3.63) is 30.1 Å². The van der Waals surface area contributed by atoms with Gasteiger partial charge in [-0.3, -0.25) is 14.3 Å². The van der Waals surface area contributed by atoms with Gasteiger partial charge < -0.3 is 5.32 Å². The number of fused-ring (bicyclic) bond motifs is 1. The Morgan fingerprint density at radius 1 is 1.25 bits per heavy atom. The van der Waals surface area contributed by atoms with Gasteiger partial charge in [0.2, 0.25) is 5.91 Å². The van der Waals surface area contributed by atoms with Crippen molar-refractivity contribution in [1.29, 1.82) is 0 Å². The first-order valence-corrected chi connectivity index (χ1v) is 7.55. The number of hydrogen-bond donors (Lipinski definition) is 1. The van der Waals surface area contributed by atoms with Crippen molar-refractivity contribution in [2.75, 3.05) is 13.1 Å². The lowest BCUT2D eigenvalue weighted by Crippen LogP contribution is -2.26. The number of aromatic nitrogens is 2. The summed E-state index contributed by atoms with van der Waals surface area (Å²) < 4.78 is 1.86. The van der Waals surface area contributed by atoms with E-state index >= 15 is 0 Å². The Labute approximate surface area is 118 Å². The number of pyridine rings is 1. The lowest BCUT2D eigenvalue weighted by Gasteiger charge is -2.21. The average Bonchev–Trinajstić information content (AvgIpc) is 3.28. The van der Waals surface area contributed by atoms with Crippen LogP contribution in [0.1, 0.15) is 42.0 Å².